The zero-order valence-corrected chi connectivity index (χ0v) is 16.4. The summed E-state index contributed by atoms with van der Waals surface area (Å²) in [6.45, 7) is 7.97. The van der Waals surface area contributed by atoms with E-state index in [0.717, 1.165) is 27.7 Å². The summed E-state index contributed by atoms with van der Waals surface area (Å²) in [6, 6.07) is 10.2. The molecule has 3 heterocycles. The highest BCUT2D eigenvalue weighted by Gasteiger charge is 2.34. The highest BCUT2D eigenvalue weighted by atomic mass is 32.2. The number of carbonyl (C=O) groups is 1. The minimum Gasteiger partial charge on any atom is -0.318 e. The normalized spacial score (nSPS) is 18.1. The predicted octanol–water partition coefficient (Wildman–Crippen LogP) is 4.04. The predicted molar refractivity (Wildman–Crippen MR) is 111 cm³/mol. The van der Waals surface area contributed by atoms with Gasteiger partial charge in [0.15, 0.2) is 5.84 Å². The lowest BCUT2D eigenvalue weighted by atomic mass is 10.1. The fraction of sp³-hybridized carbons (Fsp3) is 0.200. The molecule has 2 aliphatic heterocycles. The van der Waals surface area contributed by atoms with E-state index in [9.17, 15) is 4.79 Å². The maximum absolute atomic E-state index is 12.5. The Kier molecular flexibility index (Phi) is 4.11. The SMILES string of the molecule is CC1=NN2C(=N)/C(=C\c3cc(C)n(-c4ccccc4C)c3C)C(=O)N=C2S1. The molecule has 0 unspecified atom stereocenters. The number of nitrogens with one attached hydrogen (secondary N) is 1. The van der Waals surface area contributed by atoms with Crippen LogP contribution in [0.5, 0.6) is 0 Å². The third-order valence-electron chi connectivity index (χ3n) is 4.68. The molecule has 0 saturated carbocycles. The number of hydrogen-bond donors (Lipinski definition) is 1. The third kappa shape index (κ3) is 2.84. The molecule has 0 fully saturated rings. The first kappa shape index (κ1) is 17.5. The van der Waals surface area contributed by atoms with E-state index in [1.807, 2.05) is 39.0 Å². The van der Waals surface area contributed by atoms with Crippen LogP contribution in [0.1, 0.15) is 29.4 Å². The highest BCUT2D eigenvalue weighted by molar-refractivity contribution is 8.26. The zero-order chi connectivity index (χ0) is 19.3. The number of aromatic nitrogens is 1. The molecule has 0 spiro atoms. The molecule has 0 bridgehead atoms. The van der Waals surface area contributed by atoms with E-state index < -0.39 is 5.91 Å². The molecule has 4 rings (SSSR count). The molecule has 1 aromatic heterocycles. The molecule has 0 saturated heterocycles. The second kappa shape index (κ2) is 6.35. The Hall–Kier alpha value is -2.93. The summed E-state index contributed by atoms with van der Waals surface area (Å²) in [7, 11) is 0. The van der Waals surface area contributed by atoms with Crippen molar-refractivity contribution in [3.63, 3.8) is 0 Å². The van der Waals surface area contributed by atoms with Crippen molar-refractivity contribution in [1.82, 2.24) is 9.58 Å². The second-order valence-corrected chi connectivity index (χ2v) is 7.75. The molecule has 6 nitrogen and oxygen atoms in total. The number of carbonyl (C=O) groups excluding carboxylic acids is 1. The van der Waals surface area contributed by atoms with Gasteiger partial charge in [0.1, 0.15) is 0 Å². The number of para-hydroxylation sites is 1. The van der Waals surface area contributed by atoms with Crippen LogP contribution >= 0.6 is 11.8 Å². The van der Waals surface area contributed by atoms with Crippen molar-refractivity contribution >= 4 is 39.8 Å². The van der Waals surface area contributed by atoms with Crippen LogP contribution in [0.2, 0.25) is 0 Å². The number of amides is 1. The number of aliphatic imine (C=N–C) groups is 1. The van der Waals surface area contributed by atoms with Gasteiger partial charge in [0.25, 0.3) is 5.91 Å². The monoisotopic (exact) mass is 377 g/mol. The lowest BCUT2D eigenvalue weighted by Gasteiger charge is -2.20. The maximum Gasteiger partial charge on any atom is 0.283 e. The molecule has 0 aliphatic carbocycles. The average molecular weight is 377 g/mol. The van der Waals surface area contributed by atoms with Crippen LogP contribution in [0, 0.1) is 26.2 Å². The molecule has 1 aromatic carbocycles. The van der Waals surface area contributed by atoms with Crippen LogP contribution in [0.4, 0.5) is 0 Å². The Morgan fingerprint density at radius 1 is 1.15 bits per heavy atom. The summed E-state index contributed by atoms with van der Waals surface area (Å²) < 4.78 is 2.17. The Morgan fingerprint density at radius 3 is 2.63 bits per heavy atom. The quantitative estimate of drug-likeness (QED) is 0.803. The summed E-state index contributed by atoms with van der Waals surface area (Å²) >= 11 is 1.31. The van der Waals surface area contributed by atoms with E-state index in [-0.39, 0.29) is 11.4 Å². The lowest BCUT2D eigenvalue weighted by molar-refractivity contribution is -0.114. The van der Waals surface area contributed by atoms with Gasteiger partial charge >= 0.3 is 0 Å². The van der Waals surface area contributed by atoms with E-state index in [2.05, 4.69) is 33.7 Å². The van der Waals surface area contributed by atoms with Crippen LogP contribution in [0.25, 0.3) is 11.8 Å². The lowest BCUT2D eigenvalue weighted by Crippen LogP contribution is -2.35. The molecule has 136 valence electrons. The number of fused-ring (bicyclic) bond motifs is 1. The average Bonchev–Trinajstić information content (AvgIpc) is 3.12. The van der Waals surface area contributed by atoms with Gasteiger partial charge < -0.3 is 4.57 Å². The van der Waals surface area contributed by atoms with E-state index in [1.165, 1.54) is 22.3 Å². The molecular formula is C20H19N5OS. The Labute approximate surface area is 161 Å². The largest absolute Gasteiger partial charge is 0.318 e. The number of benzene rings is 1. The van der Waals surface area contributed by atoms with E-state index >= 15 is 0 Å². The van der Waals surface area contributed by atoms with Gasteiger partial charge in [-0.25, -0.2) is 0 Å². The number of rotatable bonds is 2. The smallest absolute Gasteiger partial charge is 0.283 e. The topological polar surface area (TPSA) is 73.8 Å². The van der Waals surface area contributed by atoms with Gasteiger partial charge in [-0.2, -0.15) is 15.1 Å². The summed E-state index contributed by atoms with van der Waals surface area (Å²) in [5.74, 6) is -0.334. The fourth-order valence-corrected chi connectivity index (χ4v) is 4.10. The maximum atomic E-state index is 12.5. The van der Waals surface area contributed by atoms with Crippen LogP contribution < -0.4 is 0 Å². The Morgan fingerprint density at radius 2 is 1.89 bits per heavy atom. The molecule has 1 amide bonds. The first-order chi connectivity index (χ1) is 12.9. The van der Waals surface area contributed by atoms with Crippen molar-refractivity contribution in [2.75, 3.05) is 0 Å². The molecule has 0 atom stereocenters. The van der Waals surface area contributed by atoms with Crippen molar-refractivity contribution in [2.24, 2.45) is 10.1 Å². The van der Waals surface area contributed by atoms with E-state index in [4.69, 9.17) is 5.41 Å². The molecular weight excluding hydrogens is 358 g/mol. The molecule has 1 N–H and O–H groups in total. The van der Waals surface area contributed by atoms with Crippen LogP contribution in [0.15, 0.2) is 46.0 Å². The fourth-order valence-electron chi connectivity index (χ4n) is 3.36. The van der Waals surface area contributed by atoms with Crippen LogP contribution in [0.3, 0.4) is 0 Å². The Balaban J connectivity index is 1.80. The second-order valence-electron chi connectivity index (χ2n) is 6.59. The number of aryl methyl sites for hydroxylation is 2. The van der Waals surface area contributed by atoms with Crippen LogP contribution in [-0.4, -0.2) is 31.5 Å². The van der Waals surface area contributed by atoms with Crippen LogP contribution in [-0.2, 0) is 4.79 Å². The highest BCUT2D eigenvalue weighted by Crippen LogP contribution is 2.30. The first-order valence-electron chi connectivity index (χ1n) is 8.58. The standard InChI is InChI=1S/C20H19N5OS/c1-11-7-5-6-8-17(11)24-12(2)9-15(13(24)3)10-16-18(21)25-20(22-19(16)26)27-14(4)23-25/h5-10,21H,1-4H3/b16-10+,21-18?. The Bertz CT molecular complexity index is 1090. The summed E-state index contributed by atoms with van der Waals surface area (Å²) in [5.41, 5.74) is 5.52. The van der Waals surface area contributed by atoms with Gasteiger partial charge in [-0.1, -0.05) is 18.2 Å². The van der Waals surface area contributed by atoms with Gasteiger partial charge in [-0.15, -0.1) is 0 Å². The van der Waals surface area contributed by atoms with Crippen molar-refractivity contribution < 1.29 is 4.79 Å². The van der Waals surface area contributed by atoms with Gasteiger partial charge in [0, 0.05) is 17.1 Å². The van der Waals surface area contributed by atoms with Gasteiger partial charge in [-0.3, -0.25) is 10.2 Å². The molecule has 2 aromatic rings. The molecule has 2 aliphatic rings. The van der Waals surface area contributed by atoms with Gasteiger partial charge in [0.05, 0.1) is 10.6 Å². The van der Waals surface area contributed by atoms with Gasteiger partial charge in [-0.05, 0) is 68.8 Å². The molecule has 7 heteroatoms. The van der Waals surface area contributed by atoms with Crippen molar-refractivity contribution in [3.8, 4) is 5.69 Å². The summed E-state index contributed by atoms with van der Waals surface area (Å²) in [5, 5.41) is 15.3. The number of amidine groups is 2. The van der Waals surface area contributed by atoms with E-state index in [0.29, 0.717) is 5.17 Å². The minimum atomic E-state index is -0.399. The third-order valence-corrected chi connectivity index (χ3v) is 5.51. The van der Waals surface area contributed by atoms with E-state index in [1.54, 1.807) is 6.08 Å². The molecule has 27 heavy (non-hydrogen) atoms. The van der Waals surface area contributed by atoms with Crippen molar-refractivity contribution in [3.05, 3.63) is 58.4 Å². The van der Waals surface area contributed by atoms with Crippen molar-refractivity contribution in [1.29, 1.82) is 5.41 Å². The summed E-state index contributed by atoms with van der Waals surface area (Å²) in [4.78, 5) is 16.6. The van der Waals surface area contributed by atoms with Crippen molar-refractivity contribution in [2.45, 2.75) is 27.7 Å². The zero-order valence-electron chi connectivity index (χ0n) is 15.6. The number of thioether (sulfide) groups is 1. The minimum absolute atomic E-state index is 0.0649. The number of hydrazone groups is 1. The van der Waals surface area contributed by atoms with Gasteiger partial charge in [0.2, 0.25) is 5.17 Å². The number of nitrogens with zero attached hydrogens (tertiary/aromatic N) is 4. The number of hydrogen-bond acceptors (Lipinski definition) is 4. The first-order valence-corrected chi connectivity index (χ1v) is 9.40. The molecule has 0 radical (unpaired) electrons. The summed E-state index contributed by atoms with van der Waals surface area (Å²) in [6.07, 6.45) is 1.75.